The molecule has 570 valence electrons. The maximum absolute atomic E-state index is 15.1. The molecule has 22 N–H and O–H groups in total. The molecule has 12 atom stereocenters. The molecule has 105 heavy (non-hydrogen) atoms. The average molecular weight is 1480 g/mol. The summed E-state index contributed by atoms with van der Waals surface area (Å²) in [6.07, 6.45) is 7.65. The summed E-state index contributed by atoms with van der Waals surface area (Å²) in [5, 5.41) is 54.8. The molecule has 6 heterocycles. The van der Waals surface area contributed by atoms with Crippen LogP contribution in [-0.2, 0) is 76.8 Å². The Kier molecular flexibility index (Phi) is 30.1. The lowest BCUT2D eigenvalue weighted by atomic mass is 10.00. The SMILES string of the molecule is CC(C)CC(NC(=O)C(CCCCNC(=O)CCCCC1SCC2NC(=O)NC21)NC(=O)C(Cc1ccc(O)cc1)NC(=O)C(CO)NC(=O)C(Cc1c[nH]c2ccccc12)NC(=O)C(Cc1cnc[nH]1)NC(=O)C1CCC(=O)N1)C(=O)NC(CCCN=C(N)N)C(=O)N1CCCC1C(=O)NCC(N)=O. The van der Waals surface area contributed by atoms with Crippen LogP contribution < -0.4 is 81.0 Å². The number of benzene rings is 2. The molecule has 4 aliphatic heterocycles. The monoisotopic (exact) mass is 1480 g/mol. The summed E-state index contributed by atoms with van der Waals surface area (Å²) in [6.45, 7) is 2.41. The number of nitrogens with zero attached hydrogens (tertiary/aromatic N) is 3. The van der Waals surface area contributed by atoms with Crippen LogP contribution in [0, 0.1) is 5.92 Å². The van der Waals surface area contributed by atoms with Gasteiger partial charge in [0, 0.05) is 91.7 Å². The zero-order valence-electron chi connectivity index (χ0n) is 58.8. The number of hydrogen-bond acceptors (Lipinski definition) is 18. The number of nitrogens with one attached hydrogen (secondary N) is 14. The fourth-order valence-electron chi connectivity index (χ4n) is 13.1. The summed E-state index contributed by atoms with van der Waals surface area (Å²) in [6, 6.07) is 0.328. The van der Waals surface area contributed by atoms with Crippen LogP contribution >= 0.6 is 11.8 Å². The van der Waals surface area contributed by atoms with Crippen molar-refractivity contribution >= 4 is 106 Å². The highest BCUT2D eigenvalue weighted by Crippen LogP contribution is 2.33. The van der Waals surface area contributed by atoms with Crippen LogP contribution in [0.4, 0.5) is 4.79 Å². The first-order valence-electron chi connectivity index (χ1n) is 35.5. The lowest BCUT2D eigenvalue weighted by molar-refractivity contribution is -0.142. The number of nitrogens with two attached hydrogens (primary N) is 3. The van der Waals surface area contributed by atoms with E-state index in [1.807, 2.05) is 0 Å². The van der Waals surface area contributed by atoms with Crippen LogP contribution in [0.2, 0.25) is 0 Å². The number of aliphatic imine (C=N–C) groups is 1. The molecular formula is C69H98N20O15S. The number of carbonyl (C=O) groups is 13. The van der Waals surface area contributed by atoms with Crippen LogP contribution in [0.3, 0.4) is 0 Å². The zero-order chi connectivity index (χ0) is 75.7. The van der Waals surface area contributed by atoms with E-state index < -0.39 is 127 Å². The number of amides is 14. The highest BCUT2D eigenvalue weighted by Gasteiger charge is 2.44. The van der Waals surface area contributed by atoms with E-state index in [4.69, 9.17) is 17.2 Å². The number of phenols is 1. The molecule has 0 bridgehead atoms. The van der Waals surface area contributed by atoms with Gasteiger partial charge in [-0.3, -0.25) is 62.5 Å². The largest absolute Gasteiger partial charge is 0.508 e. The van der Waals surface area contributed by atoms with Crippen molar-refractivity contribution in [3.8, 4) is 5.75 Å². The number of fused-ring (bicyclic) bond motifs is 2. The van der Waals surface area contributed by atoms with Gasteiger partial charge in [-0.2, -0.15) is 11.8 Å². The van der Waals surface area contributed by atoms with Crippen molar-refractivity contribution in [2.45, 2.75) is 195 Å². The van der Waals surface area contributed by atoms with E-state index in [1.54, 1.807) is 56.1 Å². The van der Waals surface area contributed by atoms with Gasteiger partial charge in [0.2, 0.25) is 70.9 Å². The number of phenolic OH excluding ortho intramolecular Hbond substituents is 1. The molecule has 2 aromatic carbocycles. The first-order chi connectivity index (χ1) is 50.3. The predicted molar refractivity (Wildman–Crippen MR) is 385 cm³/mol. The van der Waals surface area contributed by atoms with Crippen LogP contribution in [0.5, 0.6) is 5.75 Å². The standard InChI is InChI=1S/C69H98N20O15S/c1-37(2)27-47(61(97)81-46(14-9-25-75-68(71)72)67(103)89-26-10-15-53(89)66(102)77-33-55(70)92)82-59(95)44(13-7-8-24-74-56(93)17-6-5-16-54-58-52(35-105-54)87-69(104)88-58)80-62(98)48(28-38-18-20-41(91)21-19-38)83-65(101)51(34-90)86-63(99)49(29-39-31-76-43-12-4-3-11-42(39)43)84-64(100)50(30-40-32-73-36-78-40)85-60(96)45-22-23-57(94)79-45/h3-4,11-12,18-21,31-32,36-37,44-54,58,76,90-91H,5-10,13-17,22-30,33-35H2,1-2H3,(H2,70,92)(H,73,78)(H,74,93)(H,77,102)(H,79,94)(H,80,98)(H,81,97)(H,82,95)(H,83,101)(H,84,100)(H,85,96)(H,86,99)(H4,71,72,75)(H2,87,88,104). The maximum atomic E-state index is 15.1. The maximum Gasteiger partial charge on any atom is 0.315 e. The number of para-hydroxylation sites is 1. The van der Waals surface area contributed by atoms with Gasteiger partial charge in [0.15, 0.2) is 5.96 Å². The predicted octanol–water partition coefficient (Wildman–Crippen LogP) is -3.01. The van der Waals surface area contributed by atoms with Crippen molar-refractivity contribution < 1.29 is 72.5 Å². The number of rotatable bonds is 41. The molecule has 2 aromatic heterocycles. The van der Waals surface area contributed by atoms with Gasteiger partial charge in [0.25, 0.3) is 0 Å². The number of guanidine groups is 1. The van der Waals surface area contributed by atoms with E-state index in [2.05, 4.69) is 83.7 Å². The second-order valence-electron chi connectivity index (χ2n) is 27.2. The number of carbonyl (C=O) groups excluding carboxylic acids is 13. The number of primary amides is 1. The summed E-state index contributed by atoms with van der Waals surface area (Å²) in [4.78, 5) is 194. The van der Waals surface area contributed by atoms with Crippen LogP contribution in [0.1, 0.15) is 121 Å². The number of aromatic hydroxyl groups is 1. The van der Waals surface area contributed by atoms with Crippen LogP contribution in [-0.4, -0.2) is 223 Å². The molecule has 0 aliphatic carbocycles. The molecule has 35 nitrogen and oxygen atoms in total. The number of thioether (sulfide) groups is 1. The Morgan fingerprint density at radius 1 is 0.686 bits per heavy atom. The van der Waals surface area contributed by atoms with Gasteiger partial charge in [-0.05, 0) is 106 Å². The number of unbranched alkanes of at least 4 members (excludes halogenated alkanes) is 2. The fourth-order valence-corrected chi connectivity index (χ4v) is 14.7. The van der Waals surface area contributed by atoms with E-state index in [0.717, 1.165) is 18.6 Å². The minimum Gasteiger partial charge on any atom is -0.508 e. The fraction of sp³-hybridized carbons (Fsp3) is 0.551. The van der Waals surface area contributed by atoms with E-state index in [0.29, 0.717) is 47.0 Å². The number of likely N-dealkylation sites (tertiary alicyclic amines) is 1. The molecule has 0 saturated carbocycles. The minimum absolute atomic E-state index is 0.000827. The molecule has 8 rings (SSSR count). The number of imidazole rings is 1. The lowest BCUT2D eigenvalue weighted by Crippen LogP contribution is -2.61. The van der Waals surface area contributed by atoms with Gasteiger partial charge < -0.3 is 106 Å². The second kappa shape index (κ2) is 39.4. The number of aliphatic hydroxyl groups is 1. The normalized spacial score (nSPS) is 19.4. The molecule has 36 heteroatoms. The lowest BCUT2D eigenvalue weighted by Gasteiger charge is -2.30. The third kappa shape index (κ3) is 24.3. The quantitative estimate of drug-likeness (QED) is 0.00911. The first-order valence-corrected chi connectivity index (χ1v) is 36.6. The van der Waals surface area contributed by atoms with Crippen molar-refractivity contribution in [2.75, 3.05) is 38.5 Å². The summed E-state index contributed by atoms with van der Waals surface area (Å²) < 4.78 is 0. The van der Waals surface area contributed by atoms with E-state index in [1.165, 1.54) is 41.7 Å². The van der Waals surface area contributed by atoms with Gasteiger partial charge in [0.1, 0.15) is 60.1 Å². The van der Waals surface area contributed by atoms with E-state index >= 15 is 9.59 Å². The molecule has 0 radical (unpaired) electrons. The Balaban J connectivity index is 1.01. The third-order valence-corrected chi connectivity index (χ3v) is 20.1. The van der Waals surface area contributed by atoms with Crippen molar-refractivity contribution in [3.05, 3.63) is 84.1 Å². The van der Waals surface area contributed by atoms with Gasteiger partial charge in [0.05, 0.1) is 31.6 Å². The van der Waals surface area contributed by atoms with Crippen molar-refractivity contribution in [1.29, 1.82) is 0 Å². The first kappa shape index (κ1) is 80.2. The molecule has 4 aromatic rings. The summed E-state index contributed by atoms with van der Waals surface area (Å²) in [5.74, 6) is -8.65. The molecule has 4 fully saturated rings. The summed E-state index contributed by atoms with van der Waals surface area (Å²) >= 11 is 1.78. The average Bonchev–Trinajstić information content (AvgIpc) is 1.70. The Hall–Kier alpha value is -10.5. The Morgan fingerprint density at radius 2 is 1.34 bits per heavy atom. The van der Waals surface area contributed by atoms with Gasteiger partial charge >= 0.3 is 6.03 Å². The van der Waals surface area contributed by atoms with Gasteiger partial charge in [-0.15, -0.1) is 0 Å². The summed E-state index contributed by atoms with van der Waals surface area (Å²) in [7, 11) is 0. The summed E-state index contributed by atoms with van der Waals surface area (Å²) in [5.41, 5.74) is 18.5. The van der Waals surface area contributed by atoms with Crippen molar-refractivity contribution in [1.82, 2.24) is 83.7 Å². The van der Waals surface area contributed by atoms with E-state index in [-0.39, 0.29) is 149 Å². The van der Waals surface area contributed by atoms with E-state index in [9.17, 15) is 63.0 Å². The molecule has 14 amide bonds. The van der Waals surface area contributed by atoms with Crippen molar-refractivity contribution in [3.63, 3.8) is 0 Å². The Labute approximate surface area is 610 Å². The van der Waals surface area contributed by atoms with Crippen molar-refractivity contribution in [2.24, 2.45) is 28.1 Å². The number of urea groups is 1. The highest BCUT2D eigenvalue weighted by molar-refractivity contribution is 8.00. The van der Waals surface area contributed by atoms with Gasteiger partial charge in [-0.1, -0.05) is 50.6 Å². The minimum atomic E-state index is -1.82. The second-order valence-corrected chi connectivity index (χ2v) is 28.4. The zero-order valence-corrected chi connectivity index (χ0v) is 59.6. The number of aliphatic hydroxyl groups excluding tert-OH is 1. The molecule has 4 aliphatic rings. The molecule has 12 unspecified atom stereocenters. The number of hydrogen-bond donors (Lipinski definition) is 19. The number of aromatic nitrogens is 3. The highest BCUT2D eigenvalue weighted by atomic mass is 32.2. The van der Waals surface area contributed by atoms with Crippen LogP contribution in [0.25, 0.3) is 10.9 Å². The third-order valence-electron chi connectivity index (χ3n) is 18.6. The Bertz CT molecular complexity index is 3740. The Morgan fingerprint density at radius 3 is 2.03 bits per heavy atom. The van der Waals surface area contributed by atoms with Crippen LogP contribution in [0.15, 0.2) is 72.2 Å². The molecule has 0 spiro atoms. The topological polar surface area (TPSA) is 545 Å². The number of H-pyrrole nitrogens is 2. The van der Waals surface area contributed by atoms with Gasteiger partial charge in [-0.25, -0.2) is 9.78 Å². The smallest absolute Gasteiger partial charge is 0.315 e. The molecular weight excluding hydrogens is 1380 g/mol. The molecule has 4 saturated heterocycles. The number of aromatic amines is 2.